The van der Waals surface area contributed by atoms with Gasteiger partial charge in [-0.3, -0.25) is 4.79 Å². The third-order valence-corrected chi connectivity index (χ3v) is 2.88. The van der Waals surface area contributed by atoms with Gasteiger partial charge in [-0.1, -0.05) is 42.7 Å². The van der Waals surface area contributed by atoms with Gasteiger partial charge in [-0.15, -0.1) is 0 Å². The SMILES string of the molecule is BCCC(=O)Cc1ccc(/C=C/CCC(C)=O)cc1. The van der Waals surface area contributed by atoms with Crippen LogP contribution in [0.3, 0.4) is 0 Å². The van der Waals surface area contributed by atoms with Crippen molar-refractivity contribution in [3.63, 3.8) is 0 Å². The Kier molecular flexibility index (Phi) is 6.87. The molecule has 0 N–H and O–H groups in total. The van der Waals surface area contributed by atoms with Crippen molar-refractivity contribution in [1.29, 1.82) is 0 Å². The summed E-state index contributed by atoms with van der Waals surface area (Å²) in [5.74, 6) is 0.515. The molecular weight excluding hydrogens is 235 g/mol. The van der Waals surface area contributed by atoms with Crippen molar-refractivity contribution in [2.45, 2.75) is 38.9 Å². The van der Waals surface area contributed by atoms with Crippen molar-refractivity contribution < 1.29 is 9.59 Å². The maximum absolute atomic E-state index is 11.5. The Labute approximate surface area is 116 Å². The first-order chi connectivity index (χ1) is 9.11. The molecule has 0 spiro atoms. The Morgan fingerprint density at radius 3 is 2.42 bits per heavy atom. The van der Waals surface area contributed by atoms with Gasteiger partial charge in [-0.05, 0) is 30.9 Å². The lowest BCUT2D eigenvalue weighted by Crippen LogP contribution is -2.01. The van der Waals surface area contributed by atoms with E-state index < -0.39 is 0 Å². The van der Waals surface area contributed by atoms with Gasteiger partial charge >= 0.3 is 0 Å². The zero-order chi connectivity index (χ0) is 14.1. The van der Waals surface area contributed by atoms with Crippen LogP contribution in [0.4, 0.5) is 0 Å². The smallest absolute Gasteiger partial charge is 0.136 e. The number of hydrogen-bond acceptors (Lipinski definition) is 2. The predicted octanol–water partition coefficient (Wildman–Crippen LogP) is 2.62. The summed E-state index contributed by atoms with van der Waals surface area (Å²) < 4.78 is 0. The van der Waals surface area contributed by atoms with Gasteiger partial charge in [0.25, 0.3) is 0 Å². The molecule has 0 radical (unpaired) electrons. The summed E-state index contributed by atoms with van der Waals surface area (Å²) in [6.45, 7) is 1.61. The van der Waals surface area contributed by atoms with Crippen LogP contribution in [0.15, 0.2) is 30.3 Å². The largest absolute Gasteiger partial charge is 0.300 e. The van der Waals surface area contributed by atoms with Gasteiger partial charge in [0.1, 0.15) is 19.4 Å². The molecule has 3 heteroatoms. The van der Waals surface area contributed by atoms with E-state index in [9.17, 15) is 9.59 Å². The second-order valence-corrected chi connectivity index (χ2v) is 4.85. The number of carbonyl (C=O) groups is 2. The summed E-state index contributed by atoms with van der Waals surface area (Å²) in [6, 6.07) is 8.02. The monoisotopic (exact) mass is 256 g/mol. The van der Waals surface area contributed by atoms with Crippen LogP contribution in [0, 0.1) is 0 Å². The zero-order valence-electron chi connectivity index (χ0n) is 11.8. The van der Waals surface area contributed by atoms with Gasteiger partial charge in [0.05, 0.1) is 0 Å². The summed E-state index contributed by atoms with van der Waals surface area (Å²) in [5.41, 5.74) is 2.18. The third kappa shape index (κ3) is 6.75. The number of carbonyl (C=O) groups excluding carboxylic acids is 2. The maximum Gasteiger partial charge on any atom is 0.136 e. The first-order valence-corrected chi connectivity index (χ1v) is 6.88. The van der Waals surface area contributed by atoms with Crippen LogP contribution >= 0.6 is 0 Å². The summed E-state index contributed by atoms with van der Waals surface area (Å²) >= 11 is 0. The molecule has 0 aliphatic heterocycles. The highest BCUT2D eigenvalue weighted by Crippen LogP contribution is 2.09. The van der Waals surface area contributed by atoms with Crippen molar-refractivity contribution in [3.05, 3.63) is 41.5 Å². The fourth-order valence-electron chi connectivity index (χ4n) is 1.85. The molecule has 0 saturated heterocycles. The average molecular weight is 256 g/mol. The number of Topliss-reactive ketones (excluding diaryl/α,β-unsaturated/α-hetero) is 2. The lowest BCUT2D eigenvalue weighted by Gasteiger charge is -2.01. The molecule has 0 aliphatic carbocycles. The van der Waals surface area contributed by atoms with Gasteiger partial charge in [0.2, 0.25) is 0 Å². The van der Waals surface area contributed by atoms with Gasteiger partial charge < -0.3 is 4.79 Å². The quantitative estimate of drug-likeness (QED) is 0.670. The van der Waals surface area contributed by atoms with Crippen LogP contribution in [-0.2, 0) is 16.0 Å². The van der Waals surface area contributed by atoms with Gasteiger partial charge in [-0.2, -0.15) is 0 Å². The number of allylic oxidation sites excluding steroid dienone is 1. The van der Waals surface area contributed by atoms with Crippen LogP contribution < -0.4 is 0 Å². The summed E-state index contributed by atoms with van der Waals surface area (Å²) in [6.07, 6.45) is 7.51. The highest BCUT2D eigenvalue weighted by atomic mass is 16.1. The van der Waals surface area contributed by atoms with Gasteiger partial charge in [0, 0.05) is 12.8 Å². The first kappa shape index (κ1) is 15.4. The van der Waals surface area contributed by atoms with Gasteiger partial charge in [-0.25, -0.2) is 0 Å². The minimum Gasteiger partial charge on any atom is -0.300 e. The molecule has 0 unspecified atom stereocenters. The standard InChI is InChI=1S/C16H21BO2/c1-13(18)4-2-3-5-14-6-8-15(9-7-14)12-16(19)10-11-17/h3,5-9H,2,4,10-12,17H2,1H3/b5-3+. The lowest BCUT2D eigenvalue weighted by atomic mass is 9.96. The molecule has 19 heavy (non-hydrogen) atoms. The molecule has 0 heterocycles. The van der Waals surface area contributed by atoms with Gasteiger partial charge in [0.15, 0.2) is 0 Å². The Morgan fingerprint density at radius 1 is 1.16 bits per heavy atom. The minimum atomic E-state index is 0.217. The number of hydrogen-bond donors (Lipinski definition) is 0. The number of ketones is 2. The summed E-state index contributed by atoms with van der Waals surface area (Å²) in [7, 11) is 2.02. The van der Waals surface area contributed by atoms with Crippen molar-refractivity contribution in [2.24, 2.45) is 0 Å². The van der Waals surface area contributed by atoms with Crippen LogP contribution in [0.1, 0.15) is 37.3 Å². The summed E-state index contributed by atoms with van der Waals surface area (Å²) in [4.78, 5) is 22.3. The Balaban J connectivity index is 2.47. The van der Waals surface area contributed by atoms with Crippen molar-refractivity contribution in [1.82, 2.24) is 0 Å². The fourth-order valence-corrected chi connectivity index (χ4v) is 1.85. The van der Waals surface area contributed by atoms with E-state index in [2.05, 4.69) is 0 Å². The molecule has 0 aliphatic rings. The van der Waals surface area contributed by atoms with E-state index >= 15 is 0 Å². The topological polar surface area (TPSA) is 34.1 Å². The second-order valence-electron chi connectivity index (χ2n) is 4.85. The lowest BCUT2D eigenvalue weighted by molar-refractivity contribution is -0.118. The molecule has 0 fully saturated rings. The second kappa shape index (κ2) is 8.46. The van der Waals surface area contributed by atoms with Crippen LogP contribution in [0.5, 0.6) is 0 Å². The average Bonchev–Trinajstić information content (AvgIpc) is 2.36. The maximum atomic E-state index is 11.5. The van der Waals surface area contributed by atoms with E-state index in [0.717, 1.165) is 23.9 Å². The van der Waals surface area contributed by atoms with Crippen molar-refractivity contribution in [3.8, 4) is 0 Å². The normalized spacial score (nSPS) is 10.8. The van der Waals surface area contributed by atoms with Crippen molar-refractivity contribution in [2.75, 3.05) is 0 Å². The number of rotatable bonds is 8. The molecule has 0 amide bonds. The molecular formula is C16H21BO2. The molecule has 1 aromatic carbocycles. The minimum absolute atomic E-state index is 0.217. The van der Waals surface area contributed by atoms with E-state index in [1.54, 1.807) is 6.92 Å². The molecule has 1 rings (SSSR count). The Bertz CT molecular complexity index is 446. The first-order valence-electron chi connectivity index (χ1n) is 6.88. The highest BCUT2D eigenvalue weighted by Gasteiger charge is 2.01. The van der Waals surface area contributed by atoms with Crippen LogP contribution in [0.2, 0.25) is 6.32 Å². The molecule has 100 valence electrons. The number of benzene rings is 1. The van der Waals surface area contributed by atoms with Crippen LogP contribution in [0.25, 0.3) is 6.08 Å². The molecule has 0 bridgehead atoms. The predicted molar refractivity (Wildman–Crippen MR) is 82.1 cm³/mol. The Hall–Kier alpha value is -1.64. The van der Waals surface area contributed by atoms with E-state index in [1.807, 2.05) is 44.3 Å². The molecule has 0 aromatic heterocycles. The molecule has 0 saturated carbocycles. The highest BCUT2D eigenvalue weighted by molar-refractivity contribution is 6.10. The van der Waals surface area contributed by atoms with E-state index in [1.165, 1.54) is 0 Å². The Morgan fingerprint density at radius 2 is 1.84 bits per heavy atom. The fraction of sp³-hybridized carbons (Fsp3) is 0.375. The molecule has 0 atom stereocenters. The van der Waals surface area contributed by atoms with Crippen molar-refractivity contribution >= 4 is 25.5 Å². The molecule has 1 aromatic rings. The van der Waals surface area contributed by atoms with Crippen LogP contribution in [-0.4, -0.2) is 19.4 Å². The summed E-state index contributed by atoms with van der Waals surface area (Å²) in [5, 5.41) is 0. The zero-order valence-corrected chi connectivity index (χ0v) is 11.8. The van der Waals surface area contributed by atoms with E-state index in [-0.39, 0.29) is 5.78 Å². The molecule has 2 nitrogen and oxygen atoms in total. The third-order valence-electron chi connectivity index (χ3n) is 2.88. The van der Waals surface area contributed by atoms with E-state index in [4.69, 9.17) is 0 Å². The van der Waals surface area contributed by atoms with E-state index in [0.29, 0.717) is 25.0 Å².